The Morgan fingerprint density at radius 3 is 2.78 bits per heavy atom. The Bertz CT molecular complexity index is 1340. The van der Waals surface area contributed by atoms with Gasteiger partial charge in [0.05, 0.1) is 0 Å². The molecule has 3 heterocycles. The van der Waals surface area contributed by atoms with Crippen molar-refractivity contribution >= 4 is 17.6 Å². The first kappa shape index (κ1) is 23.5. The number of piperidine rings is 1. The highest BCUT2D eigenvalue weighted by atomic mass is 16.5. The van der Waals surface area contributed by atoms with Gasteiger partial charge in [0, 0.05) is 42.9 Å². The number of aromatic nitrogens is 1. The van der Waals surface area contributed by atoms with Gasteiger partial charge < -0.3 is 15.0 Å². The van der Waals surface area contributed by atoms with Crippen molar-refractivity contribution in [1.29, 1.82) is 0 Å². The first-order valence-corrected chi connectivity index (χ1v) is 12.1. The van der Waals surface area contributed by atoms with E-state index < -0.39 is 6.04 Å². The van der Waals surface area contributed by atoms with Gasteiger partial charge in [0.15, 0.2) is 0 Å². The molecular weight excluding hydrogens is 454 g/mol. The summed E-state index contributed by atoms with van der Waals surface area (Å²) in [6, 6.07) is 18.2. The summed E-state index contributed by atoms with van der Waals surface area (Å²) in [5.74, 6) is 0.982. The highest BCUT2D eigenvalue weighted by molar-refractivity contribution is 6.01. The van der Waals surface area contributed by atoms with Crippen LogP contribution in [0.3, 0.4) is 0 Å². The quantitative estimate of drug-likeness (QED) is 0.516. The minimum atomic E-state index is -0.474. The SMILES string of the molecule is C=C1CCC(N2Cc3cc(CCC(=O)Cc4cccc(Oc5ccccn5)c4)ccc3C2=O)C(=O)N1. The van der Waals surface area contributed by atoms with E-state index in [4.69, 9.17) is 4.74 Å². The first-order chi connectivity index (χ1) is 17.5. The molecule has 0 radical (unpaired) electrons. The van der Waals surface area contributed by atoms with Crippen LogP contribution in [0.1, 0.15) is 46.3 Å². The zero-order valence-corrected chi connectivity index (χ0v) is 19.9. The third-order valence-corrected chi connectivity index (χ3v) is 6.55. The number of ketones is 1. The number of aryl methyl sites for hydroxylation is 1. The predicted octanol–water partition coefficient (Wildman–Crippen LogP) is 4.37. The number of hydrogen-bond donors (Lipinski definition) is 1. The number of carbonyl (C=O) groups excluding carboxylic acids is 3. The van der Waals surface area contributed by atoms with Crippen molar-refractivity contribution in [2.75, 3.05) is 0 Å². The number of pyridine rings is 1. The van der Waals surface area contributed by atoms with Gasteiger partial charge >= 0.3 is 0 Å². The van der Waals surface area contributed by atoms with Gasteiger partial charge in [-0.15, -0.1) is 0 Å². The molecule has 7 nitrogen and oxygen atoms in total. The third-order valence-electron chi connectivity index (χ3n) is 6.55. The molecule has 0 bridgehead atoms. The highest BCUT2D eigenvalue weighted by Crippen LogP contribution is 2.29. The normalized spacial score (nSPS) is 17.1. The maximum atomic E-state index is 12.9. The molecule has 5 rings (SSSR count). The number of carbonyl (C=O) groups is 3. The van der Waals surface area contributed by atoms with Gasteiger partial charge in [-0.1, -0.05) is 36.9 Å². The summed E-state index contributed by atoms with van der Waals surface area (Å²) in [5.41, 5.74) is 4.12. The van der Waals surface area contributed by atoms with Gasteiger partial charge in [-0.25, -0.2) is 4.98 Å². The molecule has 0 spiro atoms. The smallest absolute Gasteiger partial charge is 0.255 e. The Labute approximate surface area is 209 Å². The second-order valence-electron chi connectivity index (χ2n) is 9.20. The molecule has 2 aromatic carbocycles. The number of Topliss-reactive ketones (excluding diaryl/α,β-unsaturated/α-hetero) is 1. The van der Waals surface area contributed by atoms with Crippen LogP contribution in [0.4, 0.5) is 0 Å². The van der Waals surface area contributed by atoms with E-state index in [2.05, 4.69) is 16.9 Å². The number of amides is 2. The van der Waals surface area contributed by atoms with E-state index in [1.165, 1.54) is 0 Å². The molecule has 0 saturated carbocycles. The van der Waals surface area contributed by atoms with Crippen LogP contribution >= 0.6 is 0 Å². The summed E-state index contributed by atoms with van der Waals surface area (Å²) in [6.45, 7) is 4.21. The van der Waals surface area contributed by atoms with Crippen LogP contribution < -0.4 is 10.1 Å². The summed E-state index contributed by atoms with van der Waals surface area (Å²) in [4.78, 5) is 43.8. The van der Waals surface area contributed by atoms with Gasteiger partial charge in [0.2, 0.25) is 11.8 Å². The van der Waals surface area contributed by atoms with E-state index in [1.807, 2.05) is 54.6 Å². The Kier molecular flexibility index (Phi) is 6.62. The van der Waals surface area contributed by atoms with E-state index >= 15 is 0 Å². The molecule has 1 N–H and O–H groups in total. The van der Waals surface area contributed by atoms with Gasteiger partial charge in [-0.2, -0.15) is 0 Å². The van der Waals surface area contributed by atoms with Gasteiger partial charge in [0.25, 0.3) is 5.91 Å². The lowest BCUT2D eigenvalue weighted by Gasteiger charge is -2.30. The van der Waals surface area contributed by atoms with Crippen molar-refractivity contribution < 1.29 is 19.1 Å². The number of rotatable bonds is 8. The standard InChI is InChI=1S/C29H27N3O4/c1-19-8-13-26(28(34)31-19)32-18-22-15-20(10-12-25(22)29(32)35)9-11-23(33)16-21-5-4-6-24(17-21)36-27-7-2-3-14-30-27/h2-7,10,12,14-15,17,26H,1,8-9,11,13,16,18H2,(H,31,34). The Morgan fingerprint density at radius 1 is 1.08 bits per heavy atom. The molecule has 2 aliphatic heterocycles. The topological polar surface area (TPSA) is 88.6 Å². The summed E-state index contributed by atoms with van der Waals surface area (Å²) in [6.07, 6.45) is 4.23. The third kappa shape index (κ3) is 5.20. The second kappa shape index (κ2) is 10.2. The van der Waals surface area contributed by atoms with Crippen molar-refractivity contribution in [2.24, 2.45) is 0 Å². The molecule has 3 aromatic rings. The van der Waals surface area contributed by atoms with Gasteiger partial charge in [-0.05, 0) is 60.2 Å². The van der Waals surface area contributed by atoms with Crippen molar-refractivity contribution in [3.8, 4) is 11.6 Å². The molecule has 182 valence electrons. The fourth-order valence-electron chi connectivity index (χ4n) is 4.71. The Morgan fingerprint density at radius 2 is 1.97 bits per heavy atom. The number of ether oxygens (including phenoxy) is 1. The lowest BCUT2D eigenvalue weighted by Crippen LogP contribution is -2.49. The number of fused-ring (bicyclic) bond motifs is 1. The zero-order valence-electron chi connectivity index (χ0n) is 19.9. The lowest BCUT2D eigenvalue weighted by atomic mass is 9.99. The van der Waals surface area contributed by atoms with Crippen molar-refractivity contribution in [3.63, 3.8) is 0 Å². The molecule has 1 saturated heterocycles. The summed E-state index contributed by atoms with van der Waals surface area (Å²) in [7, 11) is 0. The predicted molar refractivity (Wildman–Crippen MR) is 134 cm³/mol. The molecule has 2 aliphatic rings. The van der Waals surface area contributed by atoms with Crippen LogP contribution in [0.2, 0.25) is 0 Å². The maximum Gasteiger partial charge on any atom is 0.255 e. The fraction of sp³-hybridized carbons (Fsp3) is 0.241. The molecular formula is C29H27N3O4. The molecule has 1 unspecified atom stereocenters. The van der Waals surface area contributed by atoms with E-state index in [1.54, 1.807) is 17.2 Å². The van der Waals surface area contributed by atoms with E-state index in [0.29, 0.717) is 61.5 Å². The van der Waals surface area contributed by atoms with E-state index in [0.717, 1.165) is 16.7 Å². The van der Waals surface area contributed by atoms with Crippen molar-refractivity contribution in [1.82, 2.24) is 15.2 Å². The highest BCUT2D eigenvalue weighted by Gasteiger charge is 2.38. The lowest BCUT2D eigenvalue weighted by molar-refractivity contribution is -0.126. The van der Waals surface area contributed by atoms with Crippen LogP contribution in [0.5, 0.6) is 11.6 Å². The molecule has 2 amide bonds. The van der Waals surface area contributed by atoms with E-state index in [9.17, 15) is 14.4 Å². The molecule has 36 heavy (non-hydrogen) atoms. The number of benzene rings is 2. The molecule has 7 heteroatoms. The number of nitrogens with one attached hydrogen (secondary N) is 1. The van der Waals surface area contributed by atoms with Crippen LogP contribution in [-0.4, -0.2) is 33.5 Å². The summed E-state index contributed by atoms with van der Waals surface area (Å²) >= 11 is 0. The average Bonchev–Trinajstić information content (AvgIpc) is 3.19. The summed E-state index contributed by atoms with van der Waals surface area (Å²) < 4.78 is 5.76. The second-order valence-corrected chi connectivity index (χ2v) is 9.20. The summed E-state index contributed by atoms with van der Waals surface area (Å²) in [5, 5.41) is 2.76. The number of hydrogen-bond acceptors (Lipinski definition) is 5. The molecule has 1 fully saturated rings. The number of allylic oxidation sites excluding steroid dienone is 1. The minimum Gasteiger partial charge on any atom is -0.439 e. The van der Waals surface area contributed by atoms with Crippen LogP contribution in [0, 0.1) is 0 Å². The zero-order chi connectivity index (χ0) is 25.1. The van der Waals surface area contributed by atoms with E-state index in [-0.39, 0.29) is 17.6 Å². The Balaban J connectivity index is 1.17. The number of nitrogens with zero attached hydrogens (tertiary/aromatic N) is 2. The molecule has 1 aromatic heterocycles. The van der Waals surface area contributed by atoms with Gasteiger partial charge in [0.1, 0.15) is 17.6 Å². The van der Waals surface area contributed by atoms with Crippen molar-refractivity contribution in [2.45, 2.75) is 44.7 Å². The van der Waals surface area contributed by atoms with Crippen LogP contribution in [0.15, 0.2) is 79.1 Å². The average molecular weight is 482 g/mol. The fourth-order valence-corrected chi connectivity index (χ4v) is 4.71. The van der Waals surface area contributed by atoms with Crippen LogP contribution in [0.25, 0.3) is 0 Å². The Hall–Kier alpha value is -4.26. The minimum absolute atomic E-state index is 0.118. The largest absolute Gasteiger partial charge is 0.439 e. The molecule has 0 aliphatic carbocycles. The molecule has 1 atom stereocenters. The monoisotopic (exact) mass is 481 g/mol. The van der Waals surface area contributed by atoms with Gasteiger partial charge in [-0.3, -0.25) is 14.4 Å². The van der Waals surface area contributed by atoms with Crippen LogP contribution in [-0.2, 0) is 29.0 Å². The first-order valence-electron chi connectivity index (χ1n) is 12.1. The maximum absolute atomic E-state index is 12.9. The van der Waals surface area contributed by atoms with Crippen molar-refractivity contribution in [3.05, 3.63) is 101 Å².